The first-order valence-electron chi connectivity index (χ1n) is 8.61. The van der Waals surface area contributed by atoms with Crippen LogP contribution in [-0.2, 0) is 11.3 Å². The molecule has 0 aliphatic carbocycles. The third-order valence-electron chi connectivity index (χ3n) is 4.27. The Morgan fingerprint density at radius 2 is 2.12 bits per heavy atom. The molecule has 3 rings (SSSR count). The molecule has 1 aliphatic heterocycles. The number of morpholine rings is 1. The summed E-state index contributed by atoms with van der Waals surface area (Å²) in [5, 5.41) is 6.75. The van der Waals surface area contributed by atoms with Crippen LogP contribution in [0.2, 0.25) is 0 Å². The van der Waals surface area contributed by atoms with Crippen LogP contribution in [-0.4, -0.2) is 50.8 Å². The summed E-state index contributed by atoms with van der Waals surface area (Å²) in [6, 6.07) is 8.59. The van der Waals surface area contributed by atoms with Crippen LogP contribution in [0.1, 0.15) is 21.6 Å². The predicted octanol–water partition coefficient (Wildman–Crippen LogP) is 2.39. The molecule has 1 atom stereocenters. The predicted molar refractivity (Wildman–Crippen MR) is 101 cm³/mol. The molecular formula is C18H26N4O2S. The number of ether oxygens (including phenoxy) is 1. The highest BCUT2D eigenvalue weighted by atomic mass is 32.1. The fourth-order valence-corrected chi connectivity index (χ4v) is 3.94. The maximum Gasteiger partial charge on any atom is 0.191 e. The Labute approximate surface area is 152 Å². The van der Waals surface area contributed by atoms with Crippen LogP contribution in [0.15, 0.2) is 39.9 Å². The van der Waals surface area contributed by atoms with Gasteiger partial charge in [0.15, 0.2) is 5.96 Å². The first kappa shape index (κ1) is 18.0. The van der Waals surface area contributed by atoms with E-state index in [2.05, 4.69) is 39.6 Å². The lowest BCUT2D eigenvalue weighted by molar-refractivity contribution is 0.0177. The van der Waals surface area contributed by atoms with Gasteiger partial charge < -0.3 is 19.8 Å². The second-order valence-electron chi connectivity index (χ2n) is 6.00. The molecule has 0 amide bonds. The molecule has 0 aromatic carbocycles. The van der Waals surface area contributed by atoms with E-state index < -0.39 is 0 Å². The minimum Gasteiger partial charge on any atom is -0.467 e. The number of hydrogen-bond acceptors (Lipinski definition) is 5. The van der Waals surface area contributed by atoms with E-state index in [1.807, 2.05) is 23.5 Å². The van der Waals surface area contributed by atoms with Crippen molar-refractivity contribution in [3.05, 3.63) is 46.0 Å². The van der Waals surface area contributed by atoms with Gasteiger partial charge in [0.2, 0.25) is 0 Å². The van der Waals surface area contributed by atoms with E-state index in [4.69, 9.17) is 9.15 Å². The summed E-state index contributed by atoms with van der Waals surface area (Å²) in [6.07, 6.45) is 1.68. The van der Waals surface area contributed by atoms with Crippen LogP contribution in [0, 0.1) is 6.92 Å². The Hall–Kier alpha value is -1.83. The monoisotopic (exact) mass is 362 g/mol. The molecule has 3 heterocycles. The summed E-state index contributed by atoms with van der Waals surface area (Å²) in [5.41, 5.74) is 0. The molecule has 6 nitrogen and oxygen atoms in total. The van der Waals surface area contributed by atoms with Crippen LogP contribution >= 0.6 is 11.3 Å². The van der Waals surface area contributed by atoms with Crippen LogP contribution in [0.5, 0.6) is 0 Å². The summed E-state index contributed by atoms with van der Waals surface area (Å²) >= 11 is 1.86. The minimum atomic E-state index is 0.324. The average molecular weight is 362 g/mol. The van der Waals surface area contributed by atoms with Crippen molar-refractivity contribution in [2.75, 3.05) is 39.9 Å². The van der Waals surface area contributed by atoms with Crippen molar-refractivity contribution >= 4 is 17.3 Å². The molecule has 0 spiro atoms. The first-order chi connectivity index (χ1) is 12.3. The average Bonchev–Trinajstić information content (AvgIpc) is 3.30. The van der Waals surface area contributed by atoms with Crippen molar-refractivity contribution in [1.82, 2.24) is 15.5 Å². The van der Waals surface area contributed by atoms with Gasteiger partial charge in [-0.2, -0.15) is 0 Å². The maximum absolute atomic E-state index is 5.51. The van der Waals surface area contributed by atoms with Gasteiger partial charge in [0.25, 0.3) is 0 Å². The van der Waals surface area contributed by atoms with Gasteiger partial charge in [0.1, 0.15) is 5.76 Å². The molecule has 136 valence electrons. The molecule has 7 heteroatoms. The SMILES string of the molecule is CN=C(NCc1ccco1)NCC(c1ccc(C)s1)N1CCOCC1. The van der Waals surface area contributed by atoms with Gasteiger partial charge in [0.05, 0.1) is 32.1 Å². The molecule has 0 saturated carbocycles. The second-order valence-corrected chi connectivity index (χ2v) is 7.32. The fourth-order valence-electron chi connectivity index (χ4n) is 2.93. The summed E-state index contributed by atoms with van der Waals surface area (Å²) < 4.78 is 10.9. The zero-order valence-corrected chi connectivity index (χ0v) is 15.6. The highest BCUT2D eigenvalue weighted by Gasteiger charge is 2.24. The van der Waals surface area contributed by atoms with E-state index in [0.29, 0.717) is 12.6 Å². The van der Waals surface area contributed by atoms with E-state index >= 15 is 0 Å². The molecule has 2 aromatic rings. The second kappa shape index (κ2) is 9.03. The molecule has 0 bridgehead atoms. The van der Waals surface area contributed by atoms with Gasteiger partial charge in [0, 0.05) is 36.4 Å². The lowest BCUT2D eigenvalue weighted by atomic mass is 10.2. The molecule has 1 unspecified atom stereocenters. The van der Waals surface area contributed by atoms with Crippen LogP contribution in [0.4, 0.5) is 0 Å². The number of furan rings is 1. The first-order valence-corrected chi connectivity index (χ1v) is 9.43. The van der Waals surface area contributed by atoms with Gasteiger partial charge in [-0.3, -0.25) is 9.89 Å². The Kier molecular flexibility index (Phi) is 6.49. The van der Waals surface area contributed by atoms with Crippen LogP contribution in [0.3, 0.4) is 0 Å². The van der Waals surface area contributed by atoms with Gasteiger partial charge >= 0.3 is 0 Å². The third-order valence-corrected chi connectivity index (χ3v) is 5.37. The van der Waals surface area contributed by atoms with Crippen molar-refractivity contribution in [3.8, 4) is 0 Å². The molecule has 0 radical (unpaired) electrons. The van der Waals surface area contributed by atoms with E-state index in [9.17, 15) is 0 Å². The quantitative estimate of drug-likeness (QED) is 0.610. The number of thiophene rings is 1. The maximum atomic E-state index is 5.51. The normalized spacial score (nSPS) is 17.4. The largest absolute Gasteiger partial charge is 0.467 e. The summed E-state index contributed by atoms with van der Waals surface area (Å²) in [5.74, 6) is 1.67. The summed E-state index contributed by atoms with van der Waals surface area (Å²) in [7, 11) is 1.79. The number of nitrogens with zero attached hydrogens (tertiary/aromatic N) is 2. The summed E-state index contributed by atoms with van der Waals surface area (Å²) in [4.78, 5) is 9.53. The molecule has 25 heavy (non-hydrogen) atoms. The zero-order valence-electron chi connectivity index (χ0n) is 14.8. The molecule has 1 aliphatic rings. The molecule has 2 aromatic heterocycles. The lowest BCUT2D eigenvalue weighted by Crippen LogP contribution is -2.46. The lowest BCUT2D eigenvalue weighted by Gasteiger charge is -2.34. The van der Waals surface area contributed by atoms with Crippen molar-refractivity contribution < 1.29 is 9.15 Å². The fraction of sp³-hybridized carbons (Fsp3) is 0.500. The molecule has 1 saturated heterocycles. The van der Waals surface area contributed by atoms with Gasteiger partial charge in [-0.1, -0.05) is 0 Å². The number of aliphatic imine (C=N–C) groups is 1. The van der Waals surface area contributed by atoms with Crippen molar-refractivity contribution in [2.24, 2.45) is 4.99 Å². The topological polar surface area (TPSA) is 62.0 Å². The highest BCUT2D eigenvalue weighted by molar-refractivity contribution is 7.12. The molecule has 2 N–H and O–H groups in total. The van der Waals surface area contributed by atoms with Crippen molar-refractivity contribution in [3.63, 3.8) is 0 Å². The minimum absolute atomic E-state index is 0.324. The Morgan fingerprint density at radius 3 is 2.76 bits per heavy atom. The van der Waals surface area contributed by atoms with Gasteiger partial charge in [-0.15, -0.1) is 11.3 Å². The third kappa shape index (κ3) is 5.07. The standard InChI is InChI=1S/C18H26N4O2S/c1-14-5-6-17(25-14)16(22-7-10-23-11-8-22)13-21-18(19-2)20-12-15-4-3-9-24-15/h3-6,9,16H,7-8,10-13H2,1-2H3,(H2,19,20,21). The van der Waals surface area contributed by atoms with Crippen molar-refractivity contribution in [1.29, 1.82) is 0 Å². The zero-order chi connectivity index (χ0) is 17.5. The highest BCUT2D eigenvalue weighted by Crippen LogP contribution is 2.27. The molecule has 1 fully saturated rings. The Morgan fingerprint density at radius 1 is 1.28 bits per heavy atom. The van der Waals surface area contributed by atoms with Crippen molar-refractivity contribution in [2.45, 2.75) is 19.5 Å². The summed E-state index contributed by atoms with van der Waals surface area (Å²) in [6.45, 7) is 7.09. The van der Waals surface area contributed by atoms with Crippen LogP contribution in [0.25, 0.3) is 0 Å². The number of nitrogens with one attached hydrogen (secondary N) is 2. The number of guanidine groups is 1. The number of aryl methyl sites for hydroxylation is 1. The Balaban J connectivity index is 1.60. The van der Waals surface area contributed by atoms with E-state index in [0.717, 1.165) is 44.6 Å². The number of hydrogen-bond donors (Lipinski definition) is 2. The van der Waals surface area contributed by atoms with E-state index in [1.165, 1.54) is 9.75 Å². The van der Waals surface area contributed by atoms with E-state index in [1.54, 1.807) is 13.3 Å². The van der Waals surface area contributed by atoms with Gasteiger partial charge in [-0.05, 0) is 31.2 Å². The Bertz CT molecular complexity index is 662. The van der Waals surface area contributed by atoms with Gasteiger partial charge in [-0.25, -0.2) is 0 Å². The number of rotatable bonds is 6. The van der Waals surface area contributed by atoms with E-state index in [-0.39, 0.29) is 0 Å². The molecular weight excluding hydrogens is 336 g/mol. The smallest absolute Gasteiger partial charge is 0.191 e. The van der Waals surface area contributed by atoms with Crippen LogP contribution < -0.4 is 10.6 Å².